The van der Waals surface area contributed by atoms with Gasteiger partial charge in [0.1, 0.15) is 0 Å². The molecule has 0 N–H and O–H groups in total. The van der Waals surface area contributed by atoms with Gasteiger partial charge in [0.2, 0.25) is 0 Å². The molecule has 0 unspecified atom stereocenters. The number of likely N-dealkylation sites (N-methyl/N-ethyl adjacent to an activating group) is 1. The molecule has 0 aliphatic carbocycles. The van der Waals surface area contributed by atoms with Crippen LogP contribution in [0.4, 0.5) is 0 Å². The maximum Gasteiger partial charge on any atom is 0.0861 e. The highest BCUT2D eigenvalue weighted by atomic mass is 16.5. The van der Waals surface area contributed by atoms with E-state index in [2.05, 4.69) is 30.8 Å². The zero-order valence-corrected chi connectivity index (χ0v) is 10.3. The van der Waals surface area contributed by atoms with Crippen LogP contribution >= 0.6 is 0 Å². The molecule has 0 aromatic carbocycles. The number of rotatable bonds is 4. The van der Waals surface area contributed by atoms with E-state index in [1.165, 1.54) is 32.4 Å². The van der Waals surface area contributed by atoms with E-state index < -0.39 is 0 Å². The van der Waals surface area contributed by atoms with Gasteiger partial charge in [0.15, 0.2) is 0 Å². The van der Waals surface area contributed by atoms with E-state index in [1.807, 2.05) is 0 Å². The first kappa shape index (κ1) is 11.4. The van der Waals surface area contributed by atoms with Gasteiger partial charge < -0.3 is 9.64 Å². The lowest BCUT2D eigenvalue weighted by molar-refractivity contribution is -0.169. The molecule has 0 aromatic heterocycles. The van der Waals surface area contributed by atoms with Gasteiger partial charge in [-0.05, 0) is 39.9 Å². The molecule has 2 fully saturated rings. The van der Waals surface area contributed by atoms with Crippen LogP contribution in [0.1, 0.15) is 26.2 Å². The van der Waals surface area contributed by atoms with Crippen LogP contribution in [-0.4, -0.2) is 61.8 Å². The van der Waals surface area contributed by atoms with Gasteiger partial charge in [-0.25, -0.2) is 0 Å². The van der Waals surface area contributed by atoms with Crippen LogP contribution in [0.15, 0.2) is 0 Å². The topological polar surface area (TPSA) is 15.7 Å². The predicted octanol–water partition coefficient (Wildman–Crippen LogP) is 1.19. The van der Waals surface area contributed by atoms with Crippen molar-refractivity contribution in [2.24, 2.45) is 0 Å². The molecule has 2 aliphatic rings. The van der Waals surface area contributed by atoms with Crippen molar-refractivity contribution in [2.75, 3.05) is 33.7 Å². The van der Waals surface area contributed by atoms with Crippen LogP contribution in [0.2, 0.25) is 0 Å². The molecular formula is C12H24N2O. The third-order valence-electron chi connectivity index (χ3n) is 3.54. The lowest BCUT2D eigenvalue weighted by atomic mass is 9.89. The Morgan fingerprint density at radius 2 is 2.13 bits per heavy atom. The first-order valence-electron chi connectivity index (χ1n) is 6.25. The molecule has 2 aliphatic heterocycles. The summed E-state index contributed by atoms with van der Waals surface area (Å²) in [5.74, 6) is 0. The summed E-state index contributed by atoms with van der Waals surface area (Å²) in [7, 11) is 4.25. The number of hydrogen-bond donors (Lipinski definition) is 0. The van der Waals surface area contributed by atoms with E-state index in [-0.39, 0.29) is 0 Å². The average Bonchev–Trinajstić information content (AvgIpc) is 2.14. The molecule has 0 amide bonds. The minimum Gasteiger partial charge on any atom is -0.371 e. The molecule has 0 spiro atoms. The number of hydrogen-bond acceptors (Lipinski definition) is 3. The average molecular weight is 212 g/mol. The Morgan fingerprint density at radius 3 is 2.73 bits per heavy atom. The van der Waals surface area contributed by atoms with Crippen molar-refractivity contribution in [3.63, 3.8) is 0 Å². The van der Waals surface area contributed by atoms with Crippen molar-refractivity contribution < 1.29 is 4.74 Å². The van der Waals surface area contributed by atoms with Crippen molar-refractivity contribution in [3.05, 3.63) is 0 Å². The molecule has 2 rings (SSSR count). The van der Waals surface area contributed by atoms with E-state index in [4.69, 9.17) is 4.74 Å². The second-order valence-corrected chi connectivity index (χ2v) is 5.20. The number of ether oxygens (including phenoxy) is 1. The summed E-state index contributed by atoms with van der Waals surface area (Å²) in [6.07, 6.45) is 4.85. The SMILES string of the molecule is CCCN1C[C@H]2O[C@H](CN(C)C)CC[C@H]21. The van der Waals surface area contributed by atoms with Crippen LogP contribution in [0.5, 0.6) is 0 Å². The zero-order chi connectivity index (χ0) is 10.8. The van der Waals surface area contributed by atoms with Crippen LogP contribution in [-0.2, 0) is 4.74 Å². The van der Waals surface area contributed by atoms with Gasteiger partial charge in [-0.1, -0.05) is 6.92 Å². The minimum atomic E-state index is 0.477. The van der Waals surface area contributed by atoms with E-state index >= 15 is 0 Å². The molecular weight excluding hydrogens is 188 g/mol. The molecule has 2 saturated heterocycles. The summed E-state index contributed by atoms with van der Waals surface area (Å²) < 4.78 is 6.09. The molecule has 88 valence electrons. The summed E-state index contributed by atoms with van der Waals surface area (Å²) in [6.45, 7) is 5.76. The monoisotopic (exact) mass is 212 g/mol. The molecule has 3 nitrogen and oxygen atoms in total. The Morgan fingerprint density at radius 1 is 1.33 bits per heavy atom. The van der Waals surface area contributed by atoms with Gasteiger partial charge in [-0.3, -0.25) is 4.90 Å². The van der Waals surface area contributed by atoms with E-state index in [1.54, 1.807) is 0 Å². The molecule has 15 heavy (non-hydrogen) atoms. The van der Waals surface area contributed by atoms with Gasteiger partial charge in [0.25, 0.3) is 0 Å². The van der Waals surface area contributed by atoms with Gasteiger partial charge in [0.05, 0.1) is 12.2 Å². The fourth-order valence-electron chi connectivity index (χ4n) is 2.85. The minimum absolute atomic E-state index is 0.477. The van der Waals surface area contributed by atoms with Crippen LogP contribution in [0, 0.1) is 0 Å². The molecule has 3 atom stereocenters. The van der Waals surface area contributed by atoms with Crippen molar-refractivity contribution in [2.45, 2.75) is 44.4 Å². The van der Waals surface area contributed by atoms with Crippen molar-refractivity contribution >= 4 is 0 Å². The fourth-order valence-corrected chi connectivity index (χ4v) is 2.85. The number of fused-ring (bicyclic) bond motifs is 1. The van der Waals surface area contributed by atoms with Crippen LogP contribution < -0.4 is 0 Å². The quantitative estimate of drug-likeness (QED) is 0.696. The second-order valence-electron chi connectivity index (χ2n) is 5.20. The summed E-state index contributed by atoms with van der Waals surface area (Å²) in [5.41, 5.74) is 0. The van der Waals surface area contributed by atoms with Crippen molar-refractivity contribution in [1.29, 1.82) is 0 Å². The van der Waals surface area contributed by atoms with E-state index in [0.717, 1.165) is 12.6 Å². The molecule has 2 heterocycles. The first-order valence-corrected chi connectivity index (χ1v) is 6.25. The van der Waals surface area contributed by atoms with Crippen LogP contribution in [0.25, 0.3) is 0 Å². The van der Waals surface area contributed by atoms with Crippen molar-refractivity contribution in [3.8, 4) is 0 Å². The van der Waals surface area contributed by atoms with Gasteiger partial charge >= 0.3 is 0 Å². The molecule has 0 bridgehead atoms. The Kier molecular flexibility index (Phi) is 3.65. The highest BCUT2D eigenvalue weighted by Crippen LogP contribution is 2.32. The Bertz CT molecular complexity index is 208. The zero-order valence-electron chi connectivity index (χ0n) is 10.3. The summed E-state index contributed by atoms with van der Waals surface area (Å²) in [6, 6.07) is 0.739. The Hall–Kier alpha value is -0.120. The normalized spacial score (nSPS) is 36.4. The van der Waals surface area contributed by atoms with Crippen LogP contribution in [0.3, 0.4) is 0 Å². The van der Waals surface area contributed by atoms with Crippen molar-refractivity contribution in [1.82, 2.24) is 9.80 Å². The highest BCUT2D eigenvalue weighted by molar-refractivity contribution is 4.96. The van der Waals surface area contributed by atoms with E-state index in [0.29, 0.717) is 12.2 Å². The standard InChI is InChI=1S/C12H24N2O/c1-4-7-14-9-12-11(14)6-5-10(15-12)8-13(2)3/h10-12H,4-9H2,1-3H3/t10-,11+,12+/m0/s1. The highest BCUT2D eigenvalue weighted by Gasteiger charge is 2.43. The number of nitrogens with zero attached hydrogens (tertiary/aromatic N) is 2. The molecule has 0 aromatic rings. The maximum absolute atomic E-state index is 6.09. The lowest BCUT2D eigenvalue weighted by Crippen LogP contribution is -2.64. The lowest BCUT2D eigenvalue weighted by Gasteiger charge is -2.52. The smallest absolute Gasteiger partial charge is 0.0861 e. The molecule has 0 radical (unpaired) electrons. The second kappa shape index (κ2) is 4.81. The number of likely N-dealkylation sites (tertiary alicyclic amines) is 1. The molecule has 0 saturated carbocycles. The summed E-state index contributed by atoms with van der Waals surface area (Å²) in [4.78, 5) is 4.81. The van der Waals surface area contributed by atoms with E-state index in [9.17, 15) is 0 Å². The molecule has 3 heteroatoms. The third-order valence-corrected chi connectivity index (χ3v) is 3.54. The maximum atomic E-state index is 6.09. The third kappa shape index (κ3) is 2.52. The summed E-state index contributed by atoms with van der Waals surface area (Å²) in [5, 5.41) is 0. The van der Waals surface area contributed by atoms with Gasteiger partial charge in [-0.15, -0.1) is 0 Å². The van der Waals surface area contributed by atoms with Gasteiger partial charge in [-0.2, -0.15) is 0 Å². The van der Waals surface area contributed by atoms with Gasteiger partial charge in [0, 0.05) is 19.1 Å². The predicted molar refractivity (Wildman–Crippen MR) is 62.1 cm³/mol. The summed E-state index contributed by atoms with van der Waals surface area (Å²) >= 11 is 0. The Balaban J connectivity index is 1.75. The largest absolute Gasteiger partial charge is 0.371 e. The first-order chi connectivity index (χ1) is 7.20. The fraction of sp³-hybridized carbons (Fsp3) is 1.00. The Labute approximate surface area is 93.4 Å².